The van der Waals surface area contributed by atoms with Crippen LogP contribution < -0.4 is 10.6 Å². The van der Waals surface area contributed by atoms with Crippen molar-refractivity contribution in [3.8, 4) is 0 Å². The molecule has 2 N–H and O–H groups in total. The number of nitrogens with zero attached hydrogens (tertiary/aromatic N) is 4. The summed E-state index contributed by atoms with van der Waals surface area (Å²) in [5.41, 5.74) is 1.40. The molecule has 0 fully saturated rings. The van der Waals surface area contributed by atoms with Crippen LogP contribution in [0.15, 0.2) is 18.5 Å². The van der Waals surface area contributed by atoms with Crippen molar-refractivity contribution < 1.29 is 12.4 Å². The standard InChI is InChI=1S/C14H18N6O2.2H2/c1-8(2)10-5-11(18-19-12(10)14(22)15-3)17-13(21)9-6-16-20(4)7-9;;/h5-8H,1-4H3,(H,15,22)(H,17,18,21);2*1H. The Labute approximate surface area is 130 Å². The van der Waals surface area contributed by atoms with Gasteiger partial charge >= 0.3 is 0 Å². The fraction of sp³-hybridized carbons (Fsp3) is 0.357. The molecule has 0 unspecified atom stereocenters. The molecule has 0 saturated carbocycles. The van der Waals surface area contributed by atoms with Crippen LogP contribution in [-0.4, -0.2) is 38.8 Å². The summed E-state index contributed by atoms with van der Waals surface area (Å²) >= 11 is 0. The number of anilines is 1. The van der Waals surface area contributed by atoms with Gasteiger partial charge in [-0.2, -0.15) is 5.10 Å². The quantitative estimate of drug-likeness (QED) is 0.890. The van der Waals surface area contributed by atoms with Crippen LogP contribution in [0.4, 0.5) is 5.82 Å². The molecule has 0 spiro atoms. The number of rotatable bonds is 4. The van der Waals surface area contributed by atoms with E-state index in [9.17, 15) is 9.59 Å². The molecule has 120 valence electrons. The van der Waals surface area contributed by atoms with E-state index < -0.39 is 0 Å². The molecule has 2 aromatic heterocycles. The number of carbonyl (C=O) groups is 2. The van der Waals surface area contributed by atoms with E-state index in [0.29, 0.717) is 11.4 Å². The van der Waals surface area contributed by atoms with Gasteiger partial charge in [-0.3, -0.25) is 14.3 Å². The molecule has 2 amide bonds. The van der Waals surface area contributed by atoms with Crippen molar-refractivity contribution in [2.45, 2.75) is 19.8 Å². The fourth-order valence-electron chi connectivity index (χ4n) is 1.93. The van der Waals surface area contributed by atoms with E-state index in [2.05, 4.69) is 25.9 Å². The first kappa shape index (κ1) is 15.6. The Hall–Kier alpha value is -2.77. The minimum Gasteiger partial charge on any atom is -0.354 e. The minimum atomic E-state index is -0.329. The molecule has 0 radical (unpaired) electrons. The van der Waals surface area contributed by atoms with Crippen molar-refractivity contribution in [1.29, 1.82) is 0 Å². The second-order valence-corrected chi connectivity index (χ2v) is 5.12. The van der Waals surface area contributed by atoms with E-state index in [4.69, 9.17) is 0 Å². The third kappa shape index (κ3) is 3.27. The molecule has 2 rings (SSSR count). The van der Waals surface area contributed by atoms with Gasteiger partial charge in [-0.25, -0.2) is 0 Å². The molecule has 0 aliphatic carbocycles. The SMILES string of the molecule is CNC(=O)c1nnc(NC(=O)c2cnn(C)c2)cc1C(C)C.[HH].[HH]. The average molecular weight is 306 g/mol. The molecule has 8 heteroatoms. The summed E-state index contributed by atoms with van der Waals surface area (Å²) in [5, 5.41) is 16.9. The molecular weight excluding hydrogens is 284 g/mol. The third-order valence-corrected chi connectivity index (χ3v) is 3.10. The summed E-state index contributed by atoms with van der Waals surface area (Å²) in [6.07, 6.45) is 3.07. The first-order valence-corrected chi connectivity index (χ1v) is 6.82. The summed E-state index contributed by atoms with van der Waals surface area (Å²) in [4.78, 5) is 23.9. The molecule has 0 atom stereocenters. The van der Waals surface area contributed by atoms with Crippen molar-refractivity contribution in [3.63, 3.8) is 0 Å². The van der Waals surface area contributed by atoms with Crippen LogP contribution in [0.25, 0.3) is 0 Å². The molecule has 2 aromatic rings. The highest BCUT2D eigenvalue weighted by molar-refractivity contribution is 6.03. The zero-order valence-electron chi connectivity index (χ0n) is 12.9. The molecule has 22 heavy (non-hydrogen) atoms. The lowest BCUT2D eigenvalue weighted by molar-refractivity contribution is 0.0955. The van der Waals surface area contributed by atoms with Gasteiger partial charge in [0.2, 0.25) is 0 Å². The molecule has 0 bridgehead atoms. The molecule has 0 aromatic carbocycles. The summed E-state index contributed by atoms with van der Waals surface area (Å²) in [6.45, 7) is 3.88. The van der Waals surface area contributed by atoms with E-state index >= 15 is 0 Å². The molecule has 0 aliphatic rings. The monoisotopic (exact) mass is 306 g/mol. The van der Waals surface area contributed by atoms with Crippen molar-refractivity contribution in [2.24, 2.45) is 7.05 Å². The first-order valence-electron chi connectivity index (χ1n) is 6.82. The van der Waals surface area contributed by atoms with Gasteiger partial charge in [0.15, 0.2) is 11.5 Å². The summed E-state index contributed by atoms with van der Waals surface area (Å²) < 4.78 is 1.54. The molecule has 8 nitrogen and oxygen atoms in total. The second-order valence-electron chi connectivity index (χ2n) is 5.12. The van der Waals surface area contributed by atoms with E-state index in [-0.39, 0.29) is 26.3 Å². The highest BCUT2D eigenvalue weighted by Crippen LogP contribution is 2.20. The maximum absolute atomic E-state index is 12.1. The Morgan fingerprint density at radius 1 is 1.27 bits per heavy atom. The van der Waals surface area contributed by atoms with Gasteiger partial charge in [-0.05, 0) is 17.5 Å². The predicted octanol–water partition coefficient (Wildman–Crippen LogP) is 1.44. The van der Waals surface area contributed by atoms with Crippen LogP contribution in [0.5, 0.6) is 0 Å². The molecule has 0 saturated heterocycles. The van der Waals surface area contributed by atoms with Crippen LogP contribution in [0, 0.1) is 0 Å². The second kappa shape index (κ2) is 6.33. The number of aromatic nitrogens is 4. The Kier molecular flexibility index (Phi) is 4.50. The Morgan fingerprint density at radius 2 is 2.00 bits per heavy atom. The smallest absolute Gasteiger partial charge is 0.271 e. The fourth-order valence-corrected chi connectivity index (χ4v) is 1.93. The van der Waals surface area contributed by atoms with Crippen molar-refractivity contribution in [3.05, 3.63) is 35.3 Å². The Morgan fingerprint density at radius 3 is 2.55 bits per heavy atom. The van der Waals surface area contributed by atoms with E-state index in [0.717, 1.165) is 5.56 Å². The number of amides is 2. The molecular formula is C14H22N6O2. The third-order valence-electron chi connectivity index (χ3n) is 3.10. The number of hydrogen-bond acceptors (Lipinski definition) is 5. The molecule has 0 aliphatic heterocycles. The highest BCUT2D eigenvalue weighted by Gasteiger charge is 2.17. The van der Waals surface area contributed by atoms with Gasteiger partial charge < -0.3 is 10.6 Å². The zero-order chi connectivity index (χ0) is 16.3. The lowest BCUT2D eigenvalue weighted by atomic mass is 10.0. The van der Waals surface area contributed by atoms with E-state index in [1.165, 1.54) is 17.9 Å². The summed E-state index contributed by atoms with van der Waals surface area (Å²) in [6, 6.07) is 1.66. The number of hydrogen-bond donors (Lipinski definition) is 2. The normalized spacial score (nSPS) is 10.6. The largest absolute Gasteiger partial charge is 0.354 e. The van der Waals surface area contributed by atoms with E-state index in [1.54, 1.807) is 19.3 Å². The predicted molar refractivity (Wildman–Crippen MR) is 84.9 cm³/mol. The lowest BCUT2D eigenvalue weighted by Gasteiger charge is -2.12. The maximum Gasteiger partial charge on any atom is 0.271 e. The lowest BCUT2D eigenvalue weighted by Crippen LogP contribution is -2.23. The van der Waals surface area contributed by atoms with Gasteiger partial charge in [-0.1, -0.05) is 13.8 Å². The topological polar surface area (TPSA) is 102 Å². The van der Waals surface area contributed by atoms with Crippen molar-refractivity contribution in [2.75, 3.05) is 12.4 Å². The van der Waals surface area contributed by atoms with Gasteiger partial charge in [0.1, 0.15) is 0 Å². The van der Waals surface area contributed by atoms with Crippen LogP contribution in [-0.2, 0) is 7.05 Å². The zero-order valence-corrected chi connectivity index (χ0v) is 12.9. The Bertz CT molecular complexity index is 717. The van der Waals surface area contributed by atoms with Crippen LogP contribution in [0.2, 0.25) is 0 Å². The van der Waals surface area contributed by atoms with Gasteiger partial charge in [0.05, 0.1) is 11.8 Å². The van der Waals surface area contributed by atoms with Gasteiger partial charge in [0.25, 0.3) is 11.8 Å². The van der Waals surface area contributed by atoms with Crippen molar-refractivity contribution in [1.82, 2.24) is 25.3 Å². The highest BCUT2D eigenvalue weighted by atomic mass is 16.2. The molecule has 2 heterocycles. The summed E-state index contributed by atoms with van der Waals surface area (Å²) in [5.74, 6) is -0.270. The summed E-state index contributed by atoms with van der Waals surface area (Å²) in [7, 11) is 3.26. The average Bonchev–Trinajstić information content (AvgIpc) is 2.93. The van der Waals surface area contributed by atoms with Crippen LogP contribution in [0.3, 0.4) is 0 Å². The van der Waals surface area contributed by atoms with E-state index in [1.807, 2.05) is 13.8 Å². The van der Waals surface area contributed by atoms with Crippen molar-refractivity contribution >= 4 is 17.6 Å². The maximum atomic E-state index is 12.1. The first-order chi connectivity index (χ1) is 10.4. The van der Waals surface area contributed by atoms with Gasteiger partial charge in [0, 0.05) is 23.1 Å². The van der Waals surface area contributed by atoms with Crippen LogP contribution >= 0.6 is 0 Å². The van der Waals surface area contributed by atoms with Crippen LogP contribution in [0.1, 0.15) is 49.0 Å². The minimum absolute atomic E-state index is 0. The Balaban J connectivity index is 0.00000264. The number of carbonyl (C=O) groups excluding carboxylic acids is 2. The number of nitrogens with one attached hydrogen (secondary N) is 2. The number of aryl methyl sites for hydroxylation is 1. The van der Waals surface area contributed by atoms with Gasteiger partial charge in [-0.15, -0.1) is 10.2 Å².